The molecule has 15 heteroatoms. The maximum atomic E-state index is 13.0. The van der Waals surface area contributed by atoms with E-state index in [1.807, 2.05) is 0 Å². The molecule has 2 atom stereocenters. The molecule has 1 aromatic rings. The molecule has 1 unspecified atom stereocenters. The first-order valence-electron chi connectivity index (χ1n) is 10.1. The highest BCUT2D eigenvalue weighted by atomic mass is 35.5. The Morgan fingerprint density at radius 3 is 2.74 bits per heavy atom. The van der Waals surface area contributed by atoms with Crippen molar-refractivity contribution >= 4 is 69.3 Å². The number of esters is 1. The van der Waals surface area contributed by atoms with Gasteiger partial charge in [-0.25, -0.2) is 14.6 Å². The van der Waals surface area contributed by atoms with E-state index in [4.69, 9.17) is 26.9 Å². The van der Waals surface area contributed by atoms with Crippen molar-refractivity contribution in [2.24, 2.45) is 5.16 Å². The van der Waals surface area contributed by atoms with E-state index in [1.165, 1.54) is 23.9 Å². The van der Waals surface area contributed by atoms with Gasteiger partial charge in [0.1, 0.15) is 39.4 Å². The number of hydrogen-bond donors (Lipinski definition) is 3. The number of nitrogens with one attached hydrogen (secondary N) is 1. The predicted octanol–water partition coefficient (Wildman–Crippen LogP) is 1.37. The molecule has 2 amide bonds. The molecule has 0 aromatic carbocycles. The van der Waals surface area contributed by atoms with Crippen LogP contribution in [0.1, 0.15) is 26.5 Å². The topological polar surface area (TPSA) is 174 Å². The number of hydrogen-bond acceptors (Lipinski definition) is 11. The Bertz CT molecular complexity index is 1140. The molecule has 3 rings (SSSR count). The molecule has 0 aliphatic carbocycles. The van der Waals surface area contributed by atoms with Crippen LogP contribution in [-0.4, -0.2) is 73.8 Å². The zero-order chi connectivity index (χ0) is 25.9. The second-order valence-corrected chi connectivity index (χ2v) is 10.9. The number of carbonyl (C=O) groups excluding carboxylic acids is 3. The van der Waals surface area contributed by atoms with E-state index < -0.39 is 40.8 Å². The summed E-state index contributed by atoms with van der Waals surface area (Å²) in [5, 5.41) is 15.1. The van der Waals surface area contributed by atoms with Crippen molar-refractivity contribution in [1.82, 2.24) is 15.2 Å². The Labute approximate surface area is 213 Å². The second kappa shape index (κ2) is 10.7. The number of aliphatic carboxylic acids is 1. The first-order chi connectivity index (χ1) is 16.4. The lowest BCUT2D eigenvalue weighted by Crippen LogP contribution is -2.70. The van der Waals surface area contributed by atoms with Gasteiger partial charge >= 0.3 is 11.9 Å². The molecule has 2 aliphatic heterocycles. The summed E-state index contributed by atoms with van der Waals surface area (Å²) in [6, 6.07) is -0.984. The number of nitrogen functional groups attached to an aromatic ring is 1. The molecule has 12 nitrogen and oxygen atoms in total. The molecule has 0 saturated carbocycles. The Kier molecular flexibility index (Phi) is 8.07. The lowest BCUT2D eigenvalue weighted by molar-refractivity contribution is -0.150. The number of anilines is 1. The van der Waals surface area contributed by atoms with E-state index in [-0.39, 0.29) is 33.2 Å². The average Bonchev–Trinajstić information content (AvgIpc) is 3.09. The fourth-order valence-corrected chi connectivity index (χ4v) is 5.15. The summed E-state index contributed by atoms with van der Waals surface area (Å²) in [5.74, 6) is -2.84. The van der Waals surface area contributed by atoms with Gasteiger partial charge in [-0.2, -0.15) is 0 Å². The summed E-state index contributed by atoms with van der Waals surface area (Å²) >= 11 is 8.36. The number of oxime groups is 1. The normalized spacial score (nSPS) is 20.1. The standard InChI is InChI=1S/C20H22ClN5O7S2/c1-20(2,3)33-10(27)5-4-7-32-25-12(11-14(21)35-19(22)24-11)15(28)23-13-16(29)26-9(18(30)31)6-8-34-17(13)26/h4-6,13,17H,7-8H2,1-3H3,(H2,22,24)(H,23,28)(H,30,31)/t13?,17-/m0/s1. The van der Waals surface area contributed by atoms with Crippen molar-refractivity contribution < 1.29 is 33.9 Å². The van der Waals surface area contributed by atoms with E-state index >= 15 is 0 Å². The van der Waals surface area contributed by atoms with E-state index in [1.54, 1.807) is 20.8 Å². The molecule has 1 saturated heterocycles. The molecule has 188 valence electrons. The number of carboxylic acid groups (broad SMARTS) is 1. The van der Waals surface area contributed by atoms with E-state index in [0.29, 0.717) is 5.75 Å². The molecular weight excluding hydrogens is 522 g/mol. The minimum absolute atomic E-state index is 0.0474. The van der Waals surface area contributed by atoms with Crippen LogP contribution in [0, 0.1) is 0 Å². The molecular formula is C20H22ClN5O7S2. The van der Waals surface area contributed by atoms with Gasteiger partial charge in [0.25, 0.3) is 11.8 Å². The smallest absolute Gasteiger partial charge is 0.352 e. The Balaban J connectivity index is 1.71. The van der Waals surface area contributed by atoms with Crippen molar-refractivity contribution in [2.45, 2.75) is 37.8 Å². The van der Waals surface area contributed by atoms with Crippen LogP contribution in [-0.2, 0) is 28.8 Å². The number of nitrogens with zero attached hydrogens (tertiary/aromatic N) is 3. The highest BCUT2D eigenvalue weighted by Crippen LogP contribution is 2.37. The van der Waals surface area contributed by atoms with Gasteiger partial charge in [-0.05, 0) is 32.9 Å². The minimum atomic E-state index is -1.23. The number of β-lactam (4-membered cyclic amide) rings is 1. The summed E-state index contributed by atoms with van der Waals surface area (Å²) in [6.45, 7) is 4.99. The van der Waals surface area contributed by atoms with Gasteiger partial charge in [0.2, 0.25) is 0 Å². The fraction of sp³-hybridized carbons (Fsp3) is 0.400. The highest BCUT2D eigenvalue weighted by molar-refractivity contribution is 8.00. The van der Waals surface area contributed by atoms with E-state index in [0.717, 1.165) is 22.3 Å². The van der Waals surface area contributed by atoms with Gasteiger partial charge in [0.15, 0.2) is 10.8 Å². The number of carboxylic acids is 1. The molecule has 0 bridgehead atoms. The Hall–Kier alpha value is -3.10. The first-order valence-corrected chi connectivity index (χ1v) is 12.3. The monoisotopic (exact) mass is 543 g/mol. The van der Waals surface area contributed by atoms with Crippen LogP contribution in [0.2, 0.25) is 4.34 Å². The second-order valence-electron chi connectivity index (χ2n) is 8.12. The molecule has 0 spiro atoms. The number of amides is 2. The van der Waals surface area contributed by atoms with Gasteiger partial charge < -0.3 is 25.7 Å². The van der Waals surface area contributed by atoms with Gasteiger partial charge in [0, 0.05) is 11.8 Å². The molecule has 2 aliphatic rings. The highest BCUT2D eigenvalue weighted by Gasteiger charge is 2.53. The first kappa shape index (κ1) is 26.5. The summed E-state index contributed by atoms with van der Waals surface area (Å²) < 4.78 is 5.21. The lowest BCUT2D eigenvalue weighted by atomic mass is 10.0. The maximum absolute atomic E-state index is 13.0. The van der Waals surface area contributed by atoms with E-state index in [2.05, 4.69) is 15.5 Å². The number of fused-ring (bicyclic) bond motifs is 1. The van der Waals surface area contributed by atoms with Crippen LogP contribution in [0.25, 0.3) is 0 Å². The van der Waals surface area contributed by atoms with Crippen molar-refractivity contribution in [1.29, 1.82) is 0 Å². The Morgan fingerprint density at radius 1 is 1.43 bits per heavy atom. The number of carbonyl (C=O) groups is 4. The number of ether oxygens (including phenoxy) is 1. The number of halogens is 1. The van der Waals surface area contributed by atoms with Crippen LogP contribution in [0.3, 0.4) is 0 Å². The molecule has 3 heterocycles. The molecule has 4 N–H and O–H groups in total. The van der Waals surface area contributed by atoms with Gasteiger partial charge in [-0.15, -0.1) is 11.8 Å². The molecule has 1 aromatic heterocycles. The number of thiazole rings is 1. The third kappa shape index (κ3) is 6.32. The molecule has 35 heavy (non-hydrogen) atoms. The van der Waals surface area contributed by atoms with Crippen LogP contribution < -0.4 is 11.1 Å². The van der Waals surface area contributed by atoms with Crippen LogP contribution in [0.5, 0.6) is 0 Å². The summed E-state index contributed by atoms with van der Waals surface area (Å²) in [4.78, 5) is 58.9. The van der Waals surface area contributed by atoms with Crippen molar-refractivity contribution in [3.05, 3.63) is 34.0 Å². The van der Waals surface area contributed by atoms with E-state index in [9.17, 15) is 24.3 Å². The average molecular weight is 544 g/mol. The third-order valence-corrected chi connectivity index (χ3v) is 6.65. The zero-order valence-electron chi connectivity index (χ0n) is 18.8. The quantitative estimate of drug-likeness (QED) is 0.108. The minimum Gasteiger partial charge on any atom is -0.477 e. The maximum Gasteiger partial charge on any atom is 0.352 e. The molecule has 1 fully saturated rings. The van der Waals surface area contributed by atoms with Crippen molar-refractivity contribution in [3.8, 4) is 0 Å². The van der Waals surface area contributed by atoms with Gasteiger partial charge in [-0.1, -0.05) is 28.1 Å². The van der Waals surface area contributed by atoms with Gasteiger partial charge in [0.05, 0.1) is 0 Å². The van der Waals surface area contributed by atoms with Crippen LogP contribution in [0.15, 0.2) is 29.1 Å². The third-order valence-electron chi connectivity index (χ3n) is 4.38. The molecule has 0 radical (unpaired) electrons. The van der Waals surface area contributed by atoms with Crippen molar-refractivity contribution in [3.63, 3.8) is 0 Å². The van der Waals surface area contributed by atoms with Crippen molar-refractivity contribution in [2.75, 3.05) is 18.1 Å². The summed E-state index contributed by atoms with van der Waals surface area (Å²) in [7, 11) is 0. The fourth-order valence-electron chi connectivity index (χ4n) is 3.03. The number of thioether (sulfide) groups is 1. The predicted molar refractivity (Wildman–Crippen MR) is 130 cm³/mol. The zero-order valence-corrected chi connectivity index (χ0v) is 21.2. The van der Waals surface area contributed by atoms with Crippen LogP contribution in [0.4, 0.5) is 5.13 Å². The summed E-state index contributed by atoms with van der Waals surface area (Å²) in [6.07, 6.45) is 3.93. The number of aromatic nitrogens is 1. The largest absolute Gasteiger partial charge is 0.477 e. The lowest BCUT2D eigenvalue weighted by Gasteiger charge is -2.48. The SMILES string of the molecule is CC(C)(C)OC(=O)C=CCON=C(C(=O)NC1C(=O)N2C(C(=O)O)=CCS[C@@H]12)c1nc(N)sc1Cl. The Morgan fingerprint density at radius 2 is 2.14 bits per heavy atom. The number of nitrogens with two attached hydrogens (primary N) is 1. The number of rotatable bonds is 8. The van der Waals surface area contributed by atoms with Gasteiger partial charge in [-0.3, -0.25) is 14.5 Å². The summed E-state index contributed by atoms with van der Waals surface area (Å²) in [5.41, 5.74) is 4.51. The van der Waals surface area contributed by atoms with Crippen LogP contribution >= 0.6 is 34.7 Å².